The molecule has 21 heavy (non-hydrogen) atoms. The first-order valence-electron chi connectivity index (χ1n) is 7.66. The second-order valence-electron chi connectivity index (χ2n) is 5.57. The molecule has 0 radical (unpaired) electrons. The standard InChI is InChI=1S/C17H25NO3/c1-4-17(19)18-9-7-13(8-10-18)11-14-5-6-15(20-2)16(12-14)21-3/h5-6,12-13H,4,7-11H2,1-3H3. The van der Waals surface area contributed by atoms with Crippen LogP contribution in [0.3, 0.4) is 0 Å². The number of benzene rings is 1. The molecule has 1 aromatic rings. The minimum atomic E-state index is 0.277. The highest BCUT2D eigenvalue weighted by Gasteiger charge is 2.22. The maximum absolute atomic E-state index is 11.7. The molecular formula is C17H25NO3. The summed E-state index contributed by atoms with van der Waals surface area (Å²) < 4.78 is 10.6. The van der Waals surface area contributed by atoms with E-state index in [4.69, 9.17) is 9.47 Å². The normalized spacial score (nSPS) is 15.9. The number of rotatable bonds is 5. The van der Waals surface area contributed by atoms with Gasteiger partial charge in [-0.1, -0.05) is 13.0 Å². The van der Waals surface area contributed by atoms with Gasteiger partial charge in [-0.25, -0.2) is 0 Å². The van der Waals surface area contributed by atoms with Gasteiger partial charge in [0, 0.05) is 19.5 Å². The quantitative estimate of drug-likeness (QED) is 0.837. The molecule has 0 aromatic heterocycles. The maximum atomic E-state index is 11.7. The lowest BCUT2D eigenvalue weighted by Gasteiger charge is -2.32. The number of ether oxygens (including phenoxy) is 2. The van der Waals surface area contributed by atoms with Gasteiger partial charge in [-0.05, 0) is 42.9 Å². The number of carbonyl (C=O) groups is 1. The zero-order valence-electron chi connectivity index (χ0n) is 13.2. The SMILES string of the molecule is CCC(=O)N1CCC(Cc2ccc(OC)c(OC)c2)CC1. The summed E-state index contributed by atoms with van der Waals surface area (Å²) >= 11 is 0. The van der Waals surface area contributed by atoms with Crippen LogP contribution < -0.4 is 9.47 Å². The van der Waals surface area contributed by atoms with E-state index in [0.29, 0.717) is 12.3 Å². The largest absolute Gasteiger partial charge is 0.493 e. The van der Waals surface area contributed by atoms with Crippen molar-refractivity contribution in [2.24, 2.45) is 5.92 Å². The summed E-state index contributed by atoms with van der Waals surface area (Å²) in [6.07, 6.45) is 3.81. The van der Waals surface area contributed by atoms with Crippen molar-refractivity contribution < 1.29 is 14.3 Å². The first-order valence-corrected chi connectivity index (χ1v) is 7.66. The monoisotopic (exact) mass is 291 g/mol. The minimum absolute atomic E-state index is 0.277. The molecule has 1 aromatic carbocycles. The number of nitrogens with zero attached hydrogens (tertiary/aromatic N) is 1. The Morgan fingerprint density at radius 3 is 2.43 bits per heavy atom. The van der Waals surface area contributed by atoms with Gasteiger partial charge < -0.3 is 14.4 Å². The molecule has 116 valence electrons. The molecule has 4 nitrogen and oxygen atoms in total. The molecule has 0 bridgehead atoms. The molecular weight excluding hydrogens is 266 g/mol. The zero-order valence-corrected chi connectivity index (χ0v) is 13.2. The number of likely N-dealkylation sites (tertiary alicyclic amines) is 1. The van der Waals surface area contributed by atoms with Crippen molar-refractivity contribution in [1.29, 1.82) is 0 Å². The predicted octanol–water partition coefficient (Wildman–Crippen LogP) is 2.89. The molecule has 2 rings (SSSR count). The Bertz CT molecular complexity index is 479. The van der Waals surface area contributed by atoms with E-state index in [1.165, 1.54) is 5.56 Å². The summed E-state index contributed by atoms with van der Waals surface area (Å²) in [6, 6.07) is 6.12. The topological polar surface area (TPSA) is 38.8 Å². The Morgan fingerprint density at radius 1 is 1.19 bits per heavy atom. The number of piperidine rings is 1. The molecule has 1 aliphatic heterocycles. The van der Waals surface area contributed by atoms with Crippen molar-refractivity contribution in [3.8, 4) is 11.5 Å². The summed E-state index contributed by atoms with van der Waals surface area (Å²) in [5.41, 5.74) is 1.27. The summed E-state index contributed by atoms with van der Waals surface area (Å²) in [5.74, 6) is 2.47. The molecule has 4 heteroatoms. The van der Waals surface area contributed by atoms with E-state index < -0.39 is 0 Å². The molecule has 1 fully saturated rings. The smallest absolute Gasteiger partial charge is 0.222 e. The lowest BCUT2D eigenvalue weighted by Crippen LogP contribution is -2.38. The van der Waals surface area contributed by atoms with Crippen LogP contribution in [0.1, 0.15) is 31.7 Å². The van der Waals surface area contributed by atoms with Crippen LogP contribution in [0.4, 0.5) is 0 Å². The van der Waals surface area contributed by atoms with Crippen molar-refractivity contribution >= 4 is 5.91 Å². The highest BCUT2D eigenvalue weighted by atomic mass is 16.5. The van der Waals surface area contributed by atoms with E-state index in [1.54, 1.807) is 14.2 Å². The summed E-state index contributed by atoms with van der Waals surface area (Å²) in [5, 5.41) is 0. The second kappa shape index (κ2) is 7.34. The first kappa shape index (κ1) is 15.7. The molecule has 1 saturated heterocycles. The highest BCUT2D eigenvalue weighted by Crippen LogP contribution is 2.30. The molecule has 0 aliphatic carbocycles. The molecule has 0 atom stereocenters. The van der Waals surface area contributed by atoms with Crippen molar-refractivity contribution in [1.82, 2.24) is 4.90 Å². The average molecular weight is 291 g/mol. The van der Waals surface area contributed by atoms with Crippen LogP contribution in [0.25, 0.3) is 0 Å². The number of hydrogen-bond donors (Lipinski definition) is 0. The van der Waals surface area contributed by atoms with Crippen LogP contribution in [0.15, 0.2) is 18.2 Å². The maximum Gasteiger partial charge on any atom is 0.222 e. The average Bonchev–Trinajstić information content (AvgIpc) is 2.54. The van der Waals surface area contributed by atoms with Crippen molar-refractivity contribution in [3.05, 3.63) is 23.8 Å². The summed E-state index contributed by atoms with van der Waals surface area (Å²) in [4.78, 5) is 13.7. The molecule has 0 saturated carbocycles. The Labute approximate surface area is 127 Å². The van der Waals surface area contributed by atoms with Crippen molar-refractivity contribution in [3.63, 3.8) is 0 Å². The number of carbonyl (C=O) groups excluding carboxylic acids is 1. The number of methoxy groups -OCH3 is 2. The Morgan fingerprint density at radius 2 is 1.86 bits per heavy atom. The minimum Gasteiger partial charge on any atom is -0.493 e. The van der Waals surface area contributed by atoms with Crippen LogP contribution in [-0.4, -0.2) is 38.1 Å². The lowest BCUT2D eigenvalue weighted by atomic mass is 9.90. The van der Waals surface area contributed by atoms with Crippen molar-refractivity contribution in [2.45, 2.75) is 32.6 Å². The molecule has 0 N–H and O–H groups in total. The first-order chi connectivity index (χ1) is 10.2. The van der Waals surface area contributed by atoms with Gasteiger partial charge in [-0.3, -0.25) is 4.79 Å². The van der Waals surface area contributed by atoms with Crippen LogP contribution in [-0.2, 0) is 11.2 Å². The van der Waals surface area contributed by atoms with E-state index in [2.05, 4.69) is 12.1 Å². The molecule has 1 aliphatic rings. The third-order valence-electron chi connectivity index (χ3n) is 4.24. The molecule has 0 spiro atoms. The number of hydrogen-bond acceptors (Lipinski definition) is 3. The van der Waals surface area contributed by atoms with Crippen LogP contribution in [0.2, 0.25) is 0 Å². The van der Waals surface area contributed by atoms with Gasteiger partial charge in [0.05, 0.1) is 14.2 Å². The fourth-order valence-electron chi connectivity index (χ4n) is 2.95. The van der Waals surface area contributed by atoms with E-state index in [9.17, 15) is 4.79 Å². The Hall–Kier alpha value is -1.71. The van der Waals surface area contributed by atoms with E-state index in [1.807, 2.05) is 17.9 Å². The van der Waals surface area contributed by atoms with Gasteiger partial charge in [0.25, 0.3) is 0 Å². The molecule has 1 amide bonds. The highest BCUT2D eigenvalue weighted by molar-refractivity contribution is 5.75. The van der Waals surface area contributed by atoms with Crippen LogP contribution in [0, 0.1) is 5.92 Å². The third kappa shape index (κ3) is 3.90. The molecule has 0 unspecified atom stereocenters. The van der Waals surface area contributed by atoms with Gasteiger partial charge in [-0.2, -0.15) is 0 Å². The lowest BCUT2D eigenvalue weighted by molar-refractivity contribution is -0.132. The van der Waals surface area contributed by atoms with Gasteiger partial charge in [-0.15, -0.1) is 0 Å². The fourth-order valence-corrected chi connectivity index (χ4v) is 2.95. The number of amides is 1. The van der Waals surface area contributed by atoms with E-state index in [0.717, 1.165) is 43.9 Å². The second-order valence-corrected chi connectivity index (χ2v) is 5.57. The zero-order chi connectivity index (χ0) is 15.2. The predicted molar refractivity (Wildman–Crippen MR) is 82.8 cm³/mol. The van der Waals surface area contributed by atoms with Gasteiger partial charge in [0.1, 0.15) is 0 Å². The van der Waals surface area contributed by atoms with E-state index >= 15 is 0 Å². The Balaban J connectivity index is 1.93. The fraction of sp³-hybridized carbons (Fsp3) is 0.588. The van der Waals surface area contributed by atoms with Gasteiger partial charge in [0.15, 0.2) is 11.5 Å². The summed E-state index contributed by atoms with van der Waals surface area (Å²) in [7, 11) is 3.31. The van der Waals surface area contributed by atoms with Gasteiger partial charge in [0.2, 0.25) is 5.91 Å². The van der Waals surface area contributed by atoms with Crippen LogP contribution in [0.5, 0.6) is 11.5 Å². The van der Waals surface area contributed by atoms with Crippen LogP contribution >= 0.6 is 0 Å². The Kier molecular flexibility index (Phi) is 5.48. The van der Waals surface area contributed by atoms with E-state index in [-0.39, 0.29) is 5.91 Å². The van der Waals surface area contributed by atoms with Crippen molar-refractivity contribution in [2.75, 3.05) is 27.3 Å². The molecule has 1 heterocycles. The van der Waals surface area contributed by atoms with Gasteiger partial charge >= 0.3 is 0 Å². The summed E-state index contributed by atoms with van der Waals surface area (Å²) in [6.45, 7) is 3.72. The third-order valence-corrected chi connectivity index (χ3v) is 4.24.